The summed E-state index contributed by atoms with van der Waals surface area (Å²) in [6, 6.07) is 19.9. The van der Waals surface area contributed by atoms with Crippen LogP contribution in [0.3, 0.4) is 0 Å². The summed E-state index contributed by atoms with van der Waals surface area (Å²) in [6.07, 6.45) is 4.91. The molecule has 2 aromatic carbocycles. The number of aryl methyl sites for hydroxylation is 1. The zero-order chi connectivity index (χ0) is 18.7. The lowest BCUT2D eigenvalue weighted by molar-refractivity contribution is -0.140. The van der Waals surface area contributed by atoms with Crippen molar-refractivity contribution in [1.82, 2.24) is 14.7 Å². The molecule has 138 valence electrons. The quantitative estimate of drug-likeness (QED) is 0.734. The number of hydrogen-bond acceptors (Lipinski definition) is 3. The van der Waals surface area contributed by atoms with Crippen LogP contribution < -0.4 is 0 Å². The summed E-state index contributed by atoms with van der Waals surface area (Å²) >= 11 is 0. The van der Waals surface area contributed by atoms with Gasteiger partial charge in [0.25, 0.3) is 0 Å². The molecule has 3 aromatic rings. The van der Waals surface area contributed by atoms with Gasteiger partial charge in [-0.15, -0.1) is 0 Å². The summed E-state index contributed by atoms with van der Waals surface area (Å²) < 4.78 is 1.83. The summed E-state index contributed by atoms with van der Waals surface area (Å²) in [5.41, 5.74) is 2.84. The van der Waals surface area contributed by atoms with E-state index in [2.05, 4.69) is 5.10 Å². The lowest BCUT2D eigenvalue weighted by atomic mass is 9.74. The molecule has 0 atom stereocenters. The van der Waals surface area contributed by atoms with Crippen molar-refractivity contribution in [3.05, 3.63) is 84.2 Å². The molecule has 0 bridgehead atoms. The van der Waals surface area contributed by atoms with E-state index in [1.165, 1.54) is 0 Å². The Labute approximate surface area is 158 Å². The predicted octanol–water partition coefficient (Wildman–Crippen LogP) is 2.58. The third kappa shape index (κ3) is 3.51. The molecule has 5 heteroatoms. The molecule has 1 saturated heterocycles. The van der Waals surface area contributed by atoms with E-state index in [9.17, 15) is 9.90 Å². The largest absolute Gasteiger partial charge is 0.395 e. The first-order chi connectivity index (χ1) is 13.2. The molecular weight excluding hydrogens is 338 g/mol. The normalized spacial score (nSPS) is 15.4. The van der Waals surface area contributed by atoms with Crippen LogP contribution in [-0.4, -0.2) is 45.4 Å². The highest BCUT2D eigenvalue weighted by atomic mass is 16.3. The van der Waals surface area contributed by atoms with E-state index in [1.807, 2.05) is 82.6 Å². The smallest absolute Gasteiger partial charge is 0.222 e. The molecule has 1 aliphatic rings. The maximum absolute atomic E-state index is 12.5. The van der Waals surface area contributed by atoms with Gasteiger partial charge in [-0.3, -0.25) is 4.79 Å². The van der Waals surface area contributed by atoms with Crippen molar-refractivity contribution in [1.29, 1.82) is 0 Å². The van der Waals surface area contributed by atoms with E-state index < -0.39 is 0 Å². The minimum absolute atomic E-state index is 0.0602. The second-order valence-corrected chi connectivity index (χ2v) is 7.18. The topological polar surface area (TPSA) is 58.4 Å². The van der Waals surface area contributed by atoms with Gasteiger partial charge in [-0.2, -0.15) is 5.10 Å². The number of aromatic nitrogens is 2. The standard InChI is InChI=1S/C22H23N3O2/c26-17-22(19-7-3-1-4-8-19)15-24(16-22)21(27)12-11-18-13-23-25(14-18)20-9-5-2-6-10-20/h1-10,13-14,26H,11-12,15-17H2. The molecule has 4 rings (SSSR count). The molecule has 1 amide bonds. The van der Waals surface area contributed by atoms with Crippen LogP contribution in [0.5, 0.6) is 0 Å². The van der Waals surface area contributed by atoms with Crippen molar-refractivity contribution in [3.63, 3.8) is 0 Å². The minimum atomic E-state index is -0.310. The Balaban J connectivity index is 1.33. The lowest BCUT2D eigenvalue weighted by Crippen LogP contribution is -2.63. The molecule has 2 heterocycles. The summed E-state index contributed by atoms with van der Waals surface area (Å²) in [5.74, 6) is 0.127. The van der Waals surface area contributed by atoms with Gasteiger partial charge in [0.05, 0.1) is 23.9 Å². The number of carbonyl (C=O) groups is 1. The maximum atomic E-state index is 12.5. The number of benzene rings is 2. The third-order valence-corrected chi connectivity index (χ3v) is 5.31. The van der Waals surface area contributed by atoms with Crippen molar-refractivity contribution >= 4 is 5.91 Å². The average molecular weight is 361 g/mol. The monoisotopic (exact) mass is 361 g/mol. The highest BCUT2D eigenvalue weighted by molar-refractivity contribution is 5.78. The van der Waals surface area contributed by atoms with Gasteiger partial charge >= 0.3 is 0 Å². The molecule has 0 aliphatic carbocycles. The molecular formula is C22H23N3O2. The fourth-order valence-corrected chi connectivity index (χ4v) is 3.65. The Morgan fingerprint density at radius 2 is 1.70 bits per heavy atom. The number of nitrogens with zero attached hydrogens (tertiary/aromatic N) is 3. The van der Waals surface area contributed by atoms with Crippen LogP contribution in [0.2, 0.25) is 0 Å². The Morgan fingerprint density at radius 1 is 1.04 bits per heavy atom. The predicted molar refractivity (Wildman–Crippen MR) is 104 cm³/mol. The van der Waals surface area contributed by atoms with E-state index in [0.29, 0.717) is 25.9 Å². The Morgan fingerprint density at radius 3 is 2.37 bits per heavy atom. The van der Waals surface area contributed by atoms with Crippen molar-refractivity contribution in [2.75, 3.05) is 19.7 Å². The van der Waals surface area contributed by atoms with Gasteiger partial charge in [0.15, 0.2) is 0 Å². The number of aliphatic hydroxyl groups is 1. The van der Waals surface area contributed by atoms with Crippen LogP contribution in [0.1, 0.15) is 17.5 Å². The SMILES string of the molecule is O=C(CCc1cnn(-c2ccccc2)c1)N1CC(CO)(c2ccccc2)C1. The van der Waals surface area contributed by atoms with Gasteiger partial charge in [-0.05, 0) is 29.7 Å². The van der Waals surface area contributed by atoms with E-state index in [1.54, 1.807) is 0 Å². The van der Waals surface area contributed by atoms with Gasteiger partial charge < -0.3 is 10.0 Å². The lowest BCUT2D eigenvalue weighted by Gasteiger charge is -2.49. The van der Waals surface area contributed by atoms with Crippen LogP contribution in [0.25, 0.3) is 5.69 Å². The first-order valence-corrected chi connectivity index (χ1v) is 9.23. The van der Waals surface area contributed by atoms with Crippen molar-refractivity contribution < 1.29 is 9.90 Å². The number of amides is 1. The summed E-state index contributed by atoms with van der Waals surface area (Å²) in [4.78, 5) is 14.4. The summed E-state index contributed by atoms with van der Waals surface area (Å²) in [7, 11) is 0. The zero-order valence-corrected chi connectivity index (χ0v) is 15.2. The van der Waals surface area contributed by atoms with Crippen LogP contribution in [0.15, 0.2) is 73.1 Å². The number of likely N-dealkylation sites (tertiary alicyclic amines) is 1. The van der Waals surface area contributed by atoms with Gasteiger partial charge in [-0.1, -0.05) is 48.5 Å². The van der Waals surface area contributed by atoms with Crippen LogP contribution in [0.4, 0.5) is 0 Å². The van der Waals surface area contributed by atoms with E-state index in [0.717, 1.165) is 16.8 Å². The number of para-hydroxylation sites is 1. The first kappa shape index (κ1) is 17.5. The fourth-order valence-electron chi connectivity index (χ4n) is 3.65. The van der Waals surface area contributed by atoms with E-state index in [-0.39, 0.29) is 17.9 Å². The second-order valence-electron chi connectivity index (χ2n) is 7.18. The summed E-state index contributed by atoms with van der Waals surface area (Å²) in [5, 5.41) is 14.2. The van der Waals surface area contributed by atoms with Crippen molar-refractivity contribution in [2.45, 2.75) is 18.3 Å². The average Bonchev–Trinajstić information content (AvgIpc) is 3.17. The summed E-state index contributed by atoms with van der Waals surface area (Å²) in [6.45, 7) is 1.22. The van der Waals surface area contributed by atoms with Crippen molar-refractivity contribution in [2.24, 2.45) is 0 Å². The molecule has 1 aliphatic heterocycles. The Bertz CT molecular complexity index is 900. The van der Waals surface area contributed by atoms with E-state index in [4.69, 9.17) is 0 Å². The van der Waals surface area contributed by atoms with Crippen molar-refractivity contribution in [3.8, 4) is 5.69 Å². The highest BCUT2D eigenvalue weighted by Crippen LogP contribution is 2.34. The molecule has 0 saturated carbocycles. The second kappa shape index (κ2) is 7.37. The van der Waals surface area contributed by atoms with Gasteiger partial charge in [-0.25, -0.2) is 4.68 Å². The molecule has 0 radical (unpaired) electrons. The number of hydrogen-bond donors (Lipinski definition) is 1. The molecule has 1 N–H and O–H groups in total. The zero-order valence-electron chi connectivity index (χ0n) is 15.2. The molecule has 0 unspecified atom stereocenters. The Hall–Kier alpha value is -2.92. The third-order valence-electron chi connectivity index (χ3n) is 5.31. The van der Waals surface area contributed by atoms with Crippen LogP contribution in [-0.2, 0) is 16.6 Å². The minimum Gasteiger partial charge on any atom is -0.395 e. The maximum Gasteiger partial charge on any atom is 0.222 e. The van der Waals surface area contributed by atoms with Gasteiger partial charge in [0, 0.05) is 25.7 Å². The Kier molecular flexibility index (Phi) is 4.77. The molecule has 0 spiro atoms. The molecule has 5 nitrogen and oxygen atoms in total. The first-order valence-electron chi connectivity index (χ1n) is 9.23. The van der Waals surface area contributed by atoms with Gasteiger partial charge in [0.2, 0.25) is 5.91 Å². The number of aliphatic hydroxyl groups excluding tert-OH is 1. The van der Waals surface area contributed by atoms with Gasteiger partial charge in [0.1, 0.15) is 0 Å². The molecule has 1 aromatic heterocycles. The number of rotatable bonds is 6. The molecule has 1 fully saturated rings. The fraction of sp³-hybridized carbons (Fsp3) is 0.273. The molecule has 27 heavy (non-hydrogen) atoms. The van der Waals surface area contributed by atoms with Crippen LogP contribution in [0, 0.1) is 0 Å². The highest BCUT2D eigenvalue weighted by Gasteiger charge is 2.45. The van der Waals surface area contributed by atoms with Crippen LogP contribution >= 0.6 is 0 Å². The van der Waals surface area contributed by atoms with E-state index >= 15 is 0 Å². The number of carbonyl (C=O) groups excluding carboxylic acids is 1.